The molecule has 2 aliphatic carbocycles. The number of fused-ring (bicyclic) bond motifs is 1. The van der Waals surface area contributed by atoms with Crippen LogP contribution in [-0.2, 0) is 16.9 Å². The van der Waals surface area contributed by atoms with Crippen molar-refractivity contribution in [1.29, 1.82) is 0 Å². The third kappa shape index (κ3) is 4.34. The van der Waals surface area contributed by atoms with Gasteiger partial charge in [0, 0.05) is 31.6 Å². The highest BCUT2D eigenvalue weighted by atomic mass is 16.3. The molecular weight excluding hydrogens is 398 g/mol. The Morgan fingerprint density at radius 2 is 1.56 bits per heavy atom. The molecule has 1 amide bonds. The van der Waals surface area contributed by atoms with E-state index in [9.17, 15) is 9.90 Å². The van der Waals surface area contributed by atoms with Crippen LogP contribution in [0.4, 0.5) is 0 Å². The van der Waals surface area contributed by atoms with Crippen molar-refractivity contribution in [1.82, 2.24) is 15.5 Å². The predicted octanol–water partition coefficient (Wildman–Crippen LogP) is 3.25. The fourth-order valence-electron chi connectivity index (χ4n) is 6.04. The number of aliphatic hydroxyl groups is 1. The van der Waals surface area contributed by atoms with Crippen LogP contribution in [0.5, 0.6) is 0 Å². The first-order chi connectivity index (χ1) is 15.7. The van der Waals surface area contributed by atoms with Crippen LogP contribution < -0.4 is 10.6 Å². The first-order valence-electron chi connectivity index (χ1n) is 12.2. The van der Waals surface area contributed by atoms with Crippen molar-refractivity contribution >= 4 is 5.91 Å². The number of carbonyl (C=O) groups excluding carboxylic acids is 1. The number of likely N-dealkylation sites (tertiary alicyclic amines) is 1. The molecule has 0 radical (unpaired) electrons. The number of rotatable bonds is 8. The van der Waals surface area contributed by atoms with Gasteiger partial charge in [0.25, 0.3) is 5.91 Å². The van der Waals surface area contributed by atoms with E-state index in [1.807, 2.05) is 30.3 Å². The number of hydrogen-bond acceptors (Lipinski definition) is 4. The van der Waals surface area contributed by atoms with Crippen LogP contribution in [-0.4, -0.2) is 41.7 Å². The predicted molar refractivity (Wildman–Crippen MR) is 126 cm³/mol. The number of carbonyl (C=O) groups is 1. The van der Waals surface area contributed by atoms with E-state index in [2.05, 4.69) is 45.9 Å². The Kier molecular flexibility index (Phi) is 6.31. The summed E-state index contributed by atoms with van der Waals surface area (Å²) < 4.78 is 0. The van der Waals surface area contributed by atoms with Gasteiger partial charge in [-0.2, -0.15) is 0 Å². The highest BCUT2D eigenvalue weighted by Crippen LogP contribution is 2.45. The Morgan fingerprint density at radius 3 is 2.22 bits per heavy atom. The summed E-state index contributed by atoms with van der Waals surface area (Å²) in [7, 11) is 0. The van der Waals surface area contributed by atoms with Gasteiger partial charge < -0.3 is 10.4 Å². The van der Waals surface area contributed by atoms with Crippen molar-refractivity contribution in [2.75, 3.05) is 19.8 Å². The zero-order valence-electron chi connectivity index (χ0n) is 18.7. The Morgan fingerprint density at radius 1 is 0.938 bits per heavy atom. The van der Waals surface area contributed by atoms with Crippen LogP contribution in [0, 0.1) is 17.8 Å². The summed E-state index contributed by atoms with van der Waals surface area (Å²) in [5.74, 6) is 1.05. The molecule has 5 nitrogen and oxygen atoms in total. The largest absolute Gasteiger partial charge is 0.375 e. The zero-order chi connectivity index (χ0) is 22.0. The monoisotopic (exact) mass is 433 g/mol. The van der Waals surface area contributed by atoms with Crippen molar-refractivity contribution in [3.8, 4) is 0 Å². The van der Waals surface area contributed by atoms with Gasteiger partial charge in [0.15, 0.2) is 5.60 Å². The SMILES string of the molecule is O=C(NCNC1[C@H]2CN(Cc3ccccc3)C[C@@H]12)C(O)(c1ccccc1)C1CCCCC1. The van der Waals surface area contributed by atoms with E-state index in [-0.39, 0.29) is 11.8 Å². The molecule has 0 aromatic heterocycles. The molecule has 3 fully saturated rings. The molecule has 0 bridgehead atoms. The summed E-state index contributed by atoms with van der Waals surface area (Å²) in [6.45, 7) is 3.66. The third-order valence-electron chi connectivity index (χ3n) is 7.86. The minimum Gasteiger partial charge on any atom is -0.375 e. The first kappa shape index (κ1) is 21.6. The fourth-order valence-corrected chi connectivity index (χ4v) is 6.04. The number of nitrogens with zero attached hydrogens (tertiary/aromatic N) is 1. The fraction of sp³-hybridized carbons (Fsp3) is 0.519. The molecule has 1 saturated heterocycles. The third-order valence-corrected chi connectivity index (χ3v) is 7.86. The first-order valence-corrected chi connectivity index (χ1v) is 12.2. The molecular formula is C27H35N3O2. The van der Waals surface area contributed by atoms with Crippen molar-refractivity contribution in [3.05, 3.63) is 71.8 Å². The van der Waals surface area contributed by atoms with E-state index >= 15 is 0 Å². The second-order valence-corrected chi connectivity index (χ2v) is 9.89. The van der Waals surface area contributed by atoms with E-state index in [0.717, 1.165) is 45.3 Å². The topological polar surface area (TPSA) is 64.6 Å². The molecule has 5 heteroatoms. The Balaban J connectivity index is 1.13. The second-order valence-electron chi connectivity index (χ2n) is 9.89. The van der Waals surface area contributed by atoms with Gasteiger partial charge in [0.05, 0.1) is 6.67 Å². The van der Waals surface area contributed by atoms with Gasteiger partial charge in [-0.1, -0.05) is 79.9 Å². The Hall–Kier alpha value is -2.21. The summed E-state index contributed by atoms with van der Waals surface area (Å²) in [4.78, 5) is 15.8. The summed E-state index contributed by atoms with van der Waals surface area (Å²) in [5.41, 5.74) is 0.632. The highest BCUT2D eigenvalue weighted by molar-refractivity contribution is 5.86. The molecule has 2 aromatic carbocycles. The number of hydrogen-bond donors (Lipinski definition) is 3. The summed E-state index contributed by atoms with van der Waals surface area (Å²) >= 11 is 0. The van der Waals surface area contributed by atoms with Crippen LogP contribution in [0.2, 0.25) is 0 Å². The summed E-state index contributed by atoms with van der Waals surface area (Å²) in [6.07, 6.45) is 5.15. The maximum absolute atomic E-state index is 13.3. The van der Waals surface area contributed by atoms with Gasteiger partial charge in [-0.15, -0.1) is 0 Å². The molecule has 2 aromatic rings. The molecule has 1 heterocycles. The minimum absolute atomic E-state index is 0.0227. The second kappa shape index (κ2) is 9.34. The maximum atomic E-state index is 13.3. The quantitative estimate of drug-likeness (QED) is 0.559. The standard InChI is InChI=1S/C27H35N3O2/c31-26(27(32,21-12-6-2-7-13-21)22-14-8-3-9-15-22)29-19-28-25-23-17-30(18-24(23)25)16-20-10-4-1-5-11-20/h1-2,4-7,10-13,22-25,28,32H,3,8-9,14-19H2,(H,29,31)/t23-,24+,25?,27?. The molecule has 4 atom stereocenters. The van der Waals surface area contributed by atoms with E-state index in [4.69, 9.17) is 0 Å². The summed E-state index contributed by atoms with van der Waals surface area (Å²) in [5, 5.41) is 18.2. The van der Waals surface area contributed by atoms with E-state index in [1.165, 1.54) is 12.0 Å². The zero-order valence-corrected chi connectivity index (χ0v) is 18.7. The molecule has 2 saturated carbocycles. The van der Waals surface area contributed by atoms with E-state index < -0.39 is 5.60 Å². The molecule has 5 rings (SSSR count). The average Bonchev–Trinajstić information content (AvgIpc) is 3.30. The molecule has 3 aliphatic rings. The van der Waals surface area contributed by atoms with Gasteiger partial charge >= 0.3 is 0 Å². The van der Waals surface area contributed by atoms with Gasteiger partial charge in [0.2, 0.25) is 0 Å². The van der Waals surface area contributed by atoms with Crippen LogP contribution in [0.3, 0.4) is 0 Å². The van der Waals surface area contributed by atoms with Gasteiger partial charge in [-0.25, -0.2) is 0 Å². The number of amides is 1. The normalized spacial score (nSPS) is 27.5. The highest BCUT2D eigenvalue weighted by Gasteiger charge is 2.55. The Bertz CT molecular complexity index is 888. The molecule has 0 spiro atoms. The number of benzene rings is 2. The van der Waals surface area contributed by atoms with Crippen molar-refractivity contribution in [2.24, 2.45) is 17.8 Å². The van der Waals surface area contributed by atoms with Crippen molar-refractivity contribution < 1.29 is 9.90 Å². The summed E-state index contributed by atoms with van der Waals surface area (Å²) in [6, 6.07) is 20.6. The van der Waals surface area contributed by atoms with Crippen LogP contribution >= 0.6 is 0 Å². The van der Waals surface area contributed by atoms with Crippen molar-refractivity contribution in [2.45, 2.75) is 50.3 Å². The molecule has 32 heavy (non-hydrogen) atoms. The molecule has 170 valence electrons. The smallest absolute Gasteiger partial charge is 0.257 e. The van der Waals surface area contributed by atoms with E-state index in [0.29, 0.717) is 30.1 Å². The lowest BCUT2D eigenvalue weighted by atomic mass is 9.73. The molecule has 2 unspecified atom stereocenters. The van der Waals surface area contributed by atoms with Crippen LogP contribution in [0.1, 0.15) is 43.2 Å². The lowest BCUT2D eigenvalue weighted by Crippen LogP contribution is -2.52. The number of nitrogens with one attached hydrogen (secondary N) is 2. The van der Waals surface area contributed by atoms with Crippen LogP contribution in [0.25, 0.3) is 0 Å². The van der Waals surface area contributed by atoms with Gasteiger partial charge in [-0.3, -0.25) is 15.0 Å². The van der Waals surface area contributed by atoms with Gasteiger partial charge in [-0.05, 0) is 35.8 Å². The molecule has 1 aliphatic heterocycles. The van der Waals surface area contributed by atoms with Gasteiger partial charge in [0.1, 0.15) is 0 Å². The number of piperidine rings is 1. The van der Waals surface area contributed by atoms with Crippen LogP contribution in [0.15, 0.2) is 60.7 Å². The maximum Gasteiger partial charge on any atom is 0.257 e. The average molecular weight is 434 g/mol. The van der Waals surface area contributed by atoms with E-state index in [1.54, 1.807) is 0 Å². The lowest BCUT2D eigenvalue weighted by molar-refractivity contribution is -0.149. The molecule has 3 N–H and O–H groups in total. The van der Waals surface area contributed by atoms with Crippen molar-refractivity contribution in [3.63, 3.8) is 0 Å². The minimum atomic E-state index is -1.45. The Labute approximate surface area is 191 Å². The lowest BCUT2D eigenvalue weighted by Gasteiger charge is -2.37.